The van der Waals surface area contributed by atoms with E-state index in [2.05, 4.69) is 37.3 Å². The van der Waals surface area contributed by atoms with Gasteiger partial charge < -0.3 is 4.55 Å². The van der Waals surface area contributed by atoms with Gasteiger partial charge in [0.1, 0.15) is 10.1 Å². The standard InChI is InChI=1S/C10H14.C6H6O3S.Na/c1-2-3-7-10-8-5-4-6-9-10;7-10(8,9)6-4-2-1-3-5-6;/h4-6,8-9H,2-3,7H2,1H3;1-5H,(H,7,8,9);/q;;+1/p-1. The van der Waals surface area contributed by atoms with Crippen molar-refractivity contribution < 1.29 is 42.5 Å². The van der Waals surface area contributed by atoms with Crippen molar-refractivity contribution in [2.75, 3.05) is 0 Å². The molecule has 108 valence electrons. The third-order valence-corrected chi connectivity index (χ3v) is 3.54. The molecule has 2 aromatic rings. The predicted molar refractivity (Wildman–Crippen MR) is 79.5 cm³/mol. The molecule has 5 heteroatoms. The number of rotatable bonds is 4. The maximum absolute atomic E-state index is 10.3. The van der Waals surface area contributed by atoms with E-state index < -0.39 is 10.1 Å². The molecule has 2 aromatic carbocycles. The Morgan fingerprint density at radius 2 is 1.38 bits per heavy atom. The Morgan fingerprint density at radius 3 is 1.76 bits per heavy atom. The number of hydrogen-bond acceptors (Lipinski definition) is 3. The molecular weight excluding hydrogens is 295 g/mol. The van der Waals surface area contributed by atoms with Crippen molar-refractivity contribution in [1.29, 1.82) is 0 Å². The number of benzene rings is 2. The Kier molecular flexibility index (Phi) is 10.6. The van der Waals surface area contributed by atoms with Crippen LogP contribution in [-0.4, -0.2) is 13.0 Å². The van der Waals surface area contributed by atoms with Crippen molar-refractivity contribution in [1.82, 2.24) is 0 Å². The third kappa shape index (κ3) is 9.06. The van der Waals surface area contributed by atoms with E-state index in [9.17, 15) is 13.0 Å². The fourth-order valence-corrected chi connectivity index (χ4v) is 2.10. The zero-order valence-corrected chi connectivity index (χ0v) is 15.3. The molecule has 2 rings (SSSR count). The first kappa shape index (κ1) is 20.3. The van der Waals surface area contributed by atoms with Crippen LogP contribution < -0.4 is 29.6 Å². The van der Waals surface area contributed by atoms with Crippen LogP contribution in [0.1, 0.15) is 25.3 Å². The first-order valence-corrected chi connectivity index (χ1v) is 7.99. The van der Waals surface area contributed by atoms with Gasteiger partial charge in [-0.25, -0.2) is 8.42 Å². The molecule has 0 N–H and O–H groups in total. The van der Waals surface area contributed by atoms with Crippen molar-refractivity contribution in [3.63, 3.8) is 0 Å². The molecule has 0 bridgehead atoms. The molecule has 0 aliphatic rings. The molecule has 0 fully saturated rings. The van der Waals surface area contributed by atoms with Crippen LogP contribution in [0, 0.1) is 0 Å². The first-order valence-electron chi connectivity index (χ1n) is 6.59. The Hall–Kier alpha value is -0.650. The molecule has 0 unspecified atom stereocenters. The molecular formula is C16H19NaO3S. The van der Waals surface area contributed by atoms with Crippen molar-refractivity contribution >= 4 is 10.1 Å². The Morgan fingerprint density at radius 1 is 0.905 bits per heavy atom. The van der Waals surface area contributed by atoms with E-state index in [0.717, 1.165) is 0 Å². The second kappa shape index (κ2) is 11.0. The molecule has 0 saturated carbocycles. The predicted octanol–water partition coefficient (Wildman–Crippen LogP) is 0.624. The molecule has 0 heterocycles. The monoisotopic (exact) mass is 314 g/mol. The number of unbranched alkanes of at least 4 members (excludes halogenated alkanes) is 1. The van der Waals surface area contributed by atoms with Crippen LogP contribution in [0.25, 0.3) is 0 Å². The zero-order chi connectivity index (χ0) is 14.8. The van der Waals surface area contributed by atoms with Gasteiger partial charge in [0.2, 0.25) is 0 Å². The van der Waals surface area contributed by atoms with Crippen LogP contribution in [0.4, 0.5) is 0 Å². The van der Waals surface area contributed by atoms with E-state index in [-0.39, 0.29) is 34.5 Å². The van der Waals surface area contributed by atoms with Gasteiger partial charge in [-0.2, -0.15) is 0 Å². The van der Waals surface area contributed by atoms with Crippen LogP contribution >= 0.6 is 0 Å². The van der Waals surface area contributed by atoms with Gasteiger partial charge in [0, 0.05) is 0 Å². The summed E-state index contributed by atoms with van der Waals surface area (Å²) >= 11 is 0. The molecule has 0 saturated heterocycles. The van der Waals surface area contributed by atoms with E-state index >= 15 is 0 Å². The van der Waals surface area contributed by atoms with Crippen molar-refractivity contribution in [3.8, 4) is 0 Å². The second-order valence-electron chi connectivity index (χ2n) is 4.36. The molecule has 21 heavy (non-hydrogen) atoms. The largest absolute Gasteiger partial charge is 1.00 e. The van der Waals surface area contributed by atoms with Crippen LogP contribution in [0.5, 0.6) is 0 Å². The third-order valence-electron chi connectivity index (χ3n) is 2.69. The van der Waals surface area contributed by atoms with Gasteiger partial charge in [0.15, 0.2) is 0 Å². The van der Waals surface area contributed by atoms with Gasteiger partial charge in [-0.05, 0) is 30.5 Å². The second-order valence-corrected chi connectivity index (χ2v) is 5.74. The Bertz CT molecular complexity index is 583. The van der Waals surface area contributed by atoms with Crippen LogP contribution in [0.2, 0.25) is 0 Å². The normalized spacial score (nSPS) is 10.0. The van der Waals surface area contributed by atoms with Crippen molar-refractivity contribution in [3.05, 3.63) is 66.2 Å². The fourth-order valence-electron chi connectivity index (χ4n) is 1.61. The summed E-state index contributed by atoms with van der Waals surface area (Å²) in [5, 5.41) is 0. The van der Waals surface area contributed by atoms with E-state index in [1.807, 2.05) is 0 Å². The SMILES string of the molecule is CCCCc1ccccc1.O=S(=O)([O-])c1ccccc1.[Na+]. The van der Waals surface area contributed by atoms with Gasteiger partial charge in [-0.1, -0.05) is 61.9 Å². The summed E-state index contributed by atoms with van der Waals surface area (Å²) in [6.07, 6.45) is 3.83. The summed E-state index contributed by atoms with van der Waals surface area (Å²) in [6.45, 7) is 2.23. The van der Waals surface area contributed by atoms with Crippen molar-refractivity contribution in [2.24, 2.45) is 0 Å². The minimum absolute atomic E-state index is 0. The minimum Gasteiger partial charge on any atom is -0.744 e. The van der Waals surface area contributed by atoms with Gasteiger partial charge in [-0.3, -0.25) is 0 Å². The van der Waals surface area contributed by atoms with Crippen LogP contribution in [0.15, 0.2) is 65.6 Å². The average Bonchev–Trinajstić information content (AvgIpc) is 2.47. The number of aryl methyl sites for hydroxylation is 1. The maximum Gasteiger partial charge on any atom is 1.00 e. The Balaban J connectivity index is 0.000000364. The number of hydrogen-bond donors (Lipinski definition) is 0. The molecule has 0 aliphatic heterocycles. The van der Waals surface area contributed by atoms with E-state index in [1.165, 1.54) is 49.1 Å². The van der Waals surface area contributed by atoms with Crippen molar-refractivity contribution in [2.45, 2.75) is 31.1 Å². The van der Waals surface area contributed by atoms with Gasteiger partial charge in [0.05, 0.1) is 4.90 Å². The molecule has 0 aromatic heterocycles. The quantitative estimate of drug-likeness (QED) is 0.614. The van der Waals surface area contributed by atoms with Crippen LogP contribution in [0.3, 0.4) is 0 Å². The fraction of sp³-hybridized carbons (Fsp3) is 0.250. The average molecular weight is 314 g/mol. The summed E-state index contributed by atoms with van der Waals surface area (Å²) in [5.74, 6) is 0. The van der Waals surface area contributed by atoms with E-state index in [4.69, 9.17) is 0 Å². The van der Waals surface area contributed by atoms with Crippen LogP contribution in [-0.2, 0) is 16.5 Å². The molecule has 0 atom stereocenters. The Labute approximate surface area is 149 Å². The molecule has 0 aliphatic carbocycles. The summed E-state index contributed by atoms with van der Waals surface area (Å²) in [5.41, 5.74) is 1.46. The minimum atomic E-state index is -4.25. The summed E-state index contributed by atoms with van der Waals surface area (Å²) in [7, 11) is -4.25. The maximum atomic E-state index is 10.3. The van der Waals surface area contributed by atoms with Gasteiger partial charge >= 0.3 is 29.6 Å². The molecule has 3 nitrogen and oxygen atoms in total. The molecule has 0 radical (unpaired) electrons. The van der Waals surface area contributed by atoms with Gasteiger partial charge in [-0.15, -0.1) is 0 Å². The smallest absolute Gasteiger partial charge is 0.744 e. The first-order chi connectivity index (χ1) is 9.54. The topological polar surface area (TPSA) is 57.2 Å². The summed E-state index contributed by atoms with van der Waals surface area (Å²) in [6, 6.07) is 17.8. The summed E-state index contributed by atoms with van der Waals surface area (Å²) < 4.78 is 30.8. The van der Waals surface area contributed by atoms with E-state index in [1.54, 1.807) is 6.07 Å². The zero-order valence-electron chi connectivity index (χ0n) is 12.5. The van der Waals surface area contributed by atoms with E-state index in [0.29, 0.717) is 0 Å². The summed E-state index contributed by atoms with van der Waals surface area (Å²) in [4.78, 5) is -0.185. The molecule has 0 amide bonds. The van der Waals surface area contributed by atoms with Gasteiger partial charge in [0.25, 0.3) is 0 Å². The molecule has 0 spiro atoms.